The van der Waals surface area contributed by atoms with Crippen LogP contribution in [0.1, 0.15) is 4.88 Å². The topological polar surface area (TPSA) is 50.4 Å². The van der Waals surface area contributed by atoms with Crippen LogP contribution < -0.4 is 10.6 Å². The van der Waals surface area contributed by atoms with E-state index < -0.39 is 0 Å². The Morgan fingerprint density at radius 3 is 2.75 bits per heavy atom. The first-order chi connectivity index (χ1) is 9.84. The average Bonchev–Trinajstić information content (AvgIpc) is 2.97. The highest BCUT2D eigenvalue weighted by molar-refractivity contribution is 7.09. The highest BCUT2D eigenvalue weighted by Gasteiger charge is 2.01. The fourth-order valence-corrected chi connectivity index (χ4v) is 2.33. The Morgan fingerprint density at radius 1 is 1.15 bits per heavy atom. The Labute approximate surface area is 122 Å². The lowest BCUT2D eigenvalue weighted by Gasteiger charge is -2.06. The molecule has 0 aliphatic rings. The third-order valence-corrected chi connectivity index (χ3v) is 3.47. The number of carbonyl (C=O) groups is 1. The van der Waals surface area contributed by atoms with Crippen LogP contribution in [0.15, 0.2) is 47.8 Å². The minimum absolute atomic E-state index is 0.0789. The lowest BCUT2D eigenvalue weighted by molar-refractivity contribution is -0.120. The second kappa shape index (κ2) is 8.47. The van der Waals surface area contributed by atoms with E-state index in [0.717, 1.165) is 18.8 Å². The molecule has 1 heterocycles. The number of hydrogen-bond acceptors (Lipinski definition) is 4. The summed E-state index contributed by atoms with van der Waals surface area (Å²) < 4.78 is 5.32. The number of para-hydroxylation sites is 1. The van der Waals surface area contributed by atoms with Gasteiger partial charge in [-0.1, -0.05) is 24.3 Å². The summed E-state index contributed by atoms with van der Waals surface area (Å²) >= 11 is 1.73. The van der Waals surface area contributed by atoms with Crippen molar-refractivity contribution in [2.75, 3.05) is 25.1 Å². The van der Waals surface area contributed by atoms with Crippen molar-refractivity contribution in [2.24, 2.45) is 0 Å². The number of benzene rings is 1. The van der Waals surface area contributed by atoms with Crippen LogP contribution >= 0.6 is 11.3 Å². The quantitative estimate of drug-likeness (QED) is 0.734. The number of carbonyl (C=O) groups excluding carboxylic acids is 1. The highest BCUT2D eigenvalue weighted by atomic mass is 32.1. The van der Waals surface area contributed by atoms with E-state index in [4.69, 9.17) is 4.74 Å². The number of hydrogen-bond donors (Lipinski definition) is 2. The van der Waals surface area contributed by atoms with Crippen LogP contribution in [0.25, 0.3) is 0 Å². The van der Waals surface area contributed by atoms with E-state index in [-0.39, 0.29) is 12.5 Å². The maximum Gasteiger partial charge on any atom is 0.250 e. The van der Waals surface area contributed by atoms with Gasteiger partial charge in [0.2, 0.25) is 5.91 Å². The van der Waals surface area contributed by atoms with E-state index in [1.165, 1.54) is 4.88 Å². The van der Waals surface area contributed by atoms with E-state index in [1.807, 2.05) is 36.4 Å². The van der Waals surface area contributed by atoms with E-state index in [9.17, 15) is 4.79 Å². The molecule has 2 aromatic rings. The van der Waals surface area contributed by atoms with Crippen LogP contribution in [0.2, 0.25) is 0 Å². The molecule has 4 nitrogen and oxygen atoms in total. The molecule has 106 valence electrons. The molecule has 1 aromatic heterocycles. The predicted molar refractivity (Wildman–Crippen MR) is 81.9 cm³/mol. The summed E-state index contributed by atoms with van der Waals surface area (Å²) in [6.45, 7) is 2.18. The summed E-state index contributed by atoms with van der Waals surface area (Å²) in [5.74, 6) is -0.130. The van der Waals surface area contributed by atoms with Gasteiger partial charge in [-0.25, -0.2) is 0 Å². The summed E-state index contributed by atoms with van der Waals surface area (Å²) in [4.78, 5) is 12.9. The highest BCUT2D eigenvalue weighted by Crippen LogP contribution is 2.07. The van der Waals surface area contributed by atoms with Crippen LogP contribution in [0.5, 0.6) is 0 Å². The van der Waals surface area contributed by atoms with Gasteiger partial charge in [0.05, 0.1) is 6.61 Å². The molecular formula is C15H18N2O2S. The molecule has 0 spiro atoms. The van der Waals surface area contributed by atoms with Gasteiger partial charge in [0.15, 0.2) is 0 Å². The molecule has 0 saturated carbocycles. The van der Waals surface area contributed by atoms with Gasteiger partial charge in [0, 0.05) is 23.7 Å². The average molecular weight is 290 g/mol. The first kappa shape index (κ1) is 14.7. The Hall–Kier alpha value is -1.69. The number of ether oxygens (including phenoxy) is 1. The van der Waals surface area contributed by atoms with E-state index >= 15 is 0 Å². The molecule has 0 unspecified atom stereocenters. The summed E-state index contributed by atoms with van der Waals surface area (Å²) in [5, 5.41) is 8.09. The standard InChI is InChI=1S/C15H18N2O2S/c18-15(17-13-5-2-1-3-6-13)12-19-9-8-16-11-14-7-4-10-20-14/h1-7,10,16H,8-9,11-12H2,(H,17,18). The zero-order valence-corrected chi connectivity index (χ0v) is 12.0. The number of thiophene rings is 1. The van der Waals surface area contributed by atoms with Gasteiger partial charge in [-0.3, -0.25) is 4.79 Å². The molecule has 1 amide bonds. The Balaban J connectivity index is 1.51. The van der Waals surface area contributed by atoms with Gasteiger partial charge in [-0.15, -0.1) is 11.3 Å². The van der Waals surface area contributed by atoms with Crippen LogP contribution in [-0.2, 0) is 16.1 Å². The normalized spacial score (nSPS) is 10.4. The van der Waals surface area contributed by atoms with Gasteiger partial charge in [-0.05, 0) is 23.6 Å². The van der Waals surface area contributed by atoms with E-state index in [1.54, 1.807) is 11.3 Å². The van der Waals surface area contributed by atoms with Crippen LogP contribution in [-0.4, -0.2) is 25.7 Å². The molecule has 0 bridgehead atoms. The smallest absolute Gasteiger partial charge is 0.250 e. The summed E-state index contributed by atoms with van der Waals surface area (Å²) in [6, 6.07) is 13.5. The molecule has 0 aliphatic carbocycles. The van der Waals surface area contributed by atoms with E-state index in [2.05, 4.69) is 22.1 Å². The fourth-order valence-electron chi connectivity index (χ4n) is 1.65. The zero-order chi connectivity index (χ0) is 14.0. The Bertz CT molecular complexity index is 500. The molecular weight excluding hydrogens is 272 g/mol. The zero-order valence-electron chi connectivity index (χ0n) is 11.2. The Kier molecular flexibility index (Phi) is 6.23. The minimum atomic E-state index is -0.130. The van der Waals surface area contributed by atoms with Gasteiger partial charge in [0.1, 0.15) is 6.61 Å². The van der Waals surface area contributed by atoms with Crippen molar-refractivity contribution in [3.8, 4) is 0 Å². The maximum atomic E-state index is 11.6. The minimum Gasteiger partial charge on any atom is -0.370 e. The number of anilines is 1. The SMILES string of the molecule is O=C(COCCNCc1cccs1)Nc1ccccc1. The van der Waals surface area contributed by atoms with Crippen molar-refractivity contribution >= 4 is 22.9 Å². The second-order valence-corrected chi connectivity index (χ2v) is 5.26. The van der Waals surface area contributed by atoms with Gasteiger partial charge in [-0.2, -0.15) is 0 Å². The van der Waals surface area contributed by atoms with Crippen molar-refractivity contribution in [3.63, 3.8) is 0 Å². The van der Waals surface area contributed by atoms with Crippen molar-refractivity contribution < 1.29 is 9.53 Å². The first-order valence-corrected chi connectivity index (χ1v) is 7.38. The third kappa shape index (κ3) is 5.52. The number of rotatable bonds is 8. The van der Waals surface area contributed by atoms with Crippen molar-refractivity contribution in [2.45, 2.75) is 6.54 Å². The van der Waals surface area contributed by atoms with E-state index in [0.29, 0.717) is 6.61 Å². The first-order valence-electron chi connectivity index (χ1n) is 6.50. The molecule has 1 aromatic carbocycles. The van der Waals surface area contributed by atoms with Gasteiger partial charge in [0.25, 0.3) is 0 Å². The molecule has 0 radical (unpaired) electrons. The Morgan fingerprint density at radius 2 is 2.00 bits per heavy atom. The van der Waals surface area contributed by atoms with Crippen molar-refractivity contribution in [3.05, 3.63) is 52.7 Å². The predicted octanol–water partition coefficient (Wildman–Crippen LogP) is 2.49. The molecule has 0 aliphatic heterocycles. The van der Waals surface area contributed by atoms with Gasteiger partial charge >= 0.3 is 0 Å². The molecule has 0 saturated heterocycles. The lowest BCUT2D eigenvalue weighted by atomic mass is 10.3. The largest absolute Gasteiger partial charge is 0.370 e. The summed E-state index contributed by atoms with van der Waals surface area (Å²) in [5.41, 5.74) is 0.789. The van der Waals surface area contributed by atoms with Gasteiger partial charge < -0.3 is 15.4 Å². The van der Waals surface area contributed by atoms with Crippen LogP contribution in [0.3, 0.4) is 0 Å². The number of nitrogens with one attached hydrogen (secondary N) is 2. The second-order valence-electron chi connectivity index (χ2n) is 4.22. The van der Waals surface area contributed by atoms with Crippen LogP contribution in [0, 0.1) is 0 Å². The summed E-state index contributed by atoms with van der Waals surface area (Å²) in [6.07, 6.45) is 0. The molecule has 20 heavy (non-hydrogen) atoms. The van der Waals surface area contributed by atoms with Crippen molar-refractivity contribution in [1.82, 2.24) is 5.32 Å². The lowest BCUT2D eigenvalue weighted by Crippen LogP contribution is -2.23. The monoisotopic (exact) mass is 290 g/mol. The molecule has 2 rings (SSSR count). The third-order valence-electron chi connectivity index (χ3n) is 2.59. The maximum absolute atomic E-state index is 11.6. The summed E-state index contributed by atoms with van der Waals surface area (Å²) in [7, 11) is 0. The molecule has 2 N–H and O–H groups in total. The fraction of sp³-hybridized carbons (Fsp3) is 0.267. The van der Waals surface area contributed by atoms with Crippen LogP contribution in [0.4, 0.5) is 5.69 Å². The molecule has 5 heteroatoms. The molecule has 0 atom stereocenters. The molecule has 0 fully saturated rings. The van der Waals surface area contributed by atoms with Crippen molar-refractivity contribution in [1.29, 1.82) is 0 Å². The number of amides is 1.